The Morgan fingerprint density at radius 3 is 2.56 bits per heavy atom. The Morgan fingerprint density at radius 1 is 1.39 bits per heavy atom. The summed E-state index contributed by atoms with van der Waals surface area (Å²) in [7, 11) is 0. The lowest BCUT2D eigenvalue weighted by molar-refractivity contribution is 0.253. The maximum atomic E-state index is 13.6. The minimum atomic E-state index is -0.741. The van der Waals surface area contributed by atoms with Crippen LogP contribution in [0, 0.1) is 11.6 Å². The van der Waals surface area contributed by atoms with Crippen LogP contribution in [-0.2, 0) is 0 Å². The average molecular weight is 267 g/mol. The molecule has 1 atom stereocenters. The van der Waals surface area contributed by atoms with Crippen molar-refractivity contribution in [3.8, 4) is 11.3 Å². The van der Waals surface area contributed by atoms with Crippen LogP contribution in [-0.4, -0.2) is 16.2 Å². The third-order valence-electron chi connectivity index (χ3n) is 2.50. The predicted molar refractivity (Wildman–Crippen MR) is 68.2 cm³/mol. The normalized spacial score (nSPS) is 12.4. The summed E-state index contributed by atoms with van der Waals surface area (Å²) in [6.45, 7) is 5.25. The van der Waals surface area contributed by atoms with Crippen molar-refractivity contribution >= 4 is 16.9 Å². The number of hydrogen-bond acceptors (Lipinski definition) is 3. The van der Waals surface area contributed by atoms with E-state index in [1.807, 2.05) is 0 Å². The summed E-state index contributed by atoms with van der Waals surface area (Å²) < 4.78 is 27.1. The van der Waals surface area contributed by atoms with E-state index >= 15 is 0 Å². The molecular formula is C13H11F2NOS. The number of benzene rings is 1. The Kier molecular flexibility index (Phi) is 3.54. The van der Waals surface area contributed by atoms with Gasteiger partial charge in [0.1, 0.15) is 16.6 Å². The highest BCUT2D eigenvalue weighted by atomic mass is 32.1. The van der Waals surface area contributed by atoms with E-state index in [1.165, 1.54) is 29.5 Å². The predicted octanol–water partition coefficient (Wildman–Crippen LogP) is 3.48. The largest absolute Gasteiger partial charge is 0.389 e. The van der Waals surface area contributed by atoms with Gasteiger partial charge in [-0.25, -0.2) is 13.8 Å². The number of halogens is 2. The standard InChI is InChI=1S/C13H11F2NOS/c1-7(8(2)17)13-16-11(6-18-13)12-9(14)4-3-5-10(12)15/h3-6,8,17H,1H2,2H3. The van der Waals surface area contributed by atoms with Gasteiger partial charge in [0, 0.05) is 11.0 Å². The molecule has 1 unspecified atom stereocenters. The minimum absolute atomic E-state index is 0.154. The Balaban J connectivity index is 2.45. The molecule has 0 aliphatic carbocycles. The van der Waals surface area contributed by atoms with Crippen molar-refractivity contribution in [3.63, 3.8) is 0 Å². The molecule has 2 aromatic rings. The molecule has 2 nitrogen and oxygen atoms in total. The zero-order valence-corrected chi connectivity index (χ0v) is 10.5. The third-order valence-corrected chi connectivity index (χ3v) is 3.42. The molecule has 94 valence electrons. The highest BCUT2D eigenvalue weighted by Crippen LogP contribution is 2.30. The molecule has 18 heavy (non-hydrogen) atoms. The summed E-state index contributed by atoms with van der Waals surface area (Å²) in [5, 5.41) is 11.4. The van der Waals surface area contributed by atoms with Crippen LogP contribution in [0.3, 0.4) is 0 Å². The number of aromatic nitrogens is 1. The van der Waals surface area contributed by atoms with E-state index in [4.69, 9.17) is 0 Å². The monoisotopic (exact) mass is 267 g/mol. The van der Waals surface area contributed by atoms with Crippen molar-refractivity contribution in [1.82, 2.24) is 4.98 Å². The molecule has 1 aromatic heterocycles. The van der Waals surface area contributed by atoms with Gasteiger partial charge in [-0.05, 0) is 19.1 Å². The molecule has 0 fully saturated rings. The van der Waals surface area contributed by atoms with Gasteiger partial charge in [0.15, 0.2) is 0 Å². The molecule has 0 radical (unpaired) electrons. The highest BCUT2D eigenvalue weighted by molar-refractivity contribution is 7.11. The second-order valence-corrected chi connectivity index (χ2v) is 4.69. The van der Waals surface area contributed by atoms with Crippen LogP contribution in [0.5, 0.6) is 0 Å². The van der Waals surface area contributed by atoms with Crippen molar-refractivity contribution in [2.45, 2.75) is 13.0 Å². The van der Waals surface area contributed by atoms with Crippen LogP contribution in [0.4, 0.5) is 8.78 Å². The molecule has 2 rings (SSSR count). The lowest BCUT2D eigenvalue weighted by Crippen LogP contribution is -2.01. The molecule has 0 saturated carbocycles. The first kappa shape index (κ1) is 12.9. The number of hydrogen-bond donors (Lipinski definition) is 1. The molecule has 1 N–H and O–H groups in total. The van der Waals surface area contributed by atoms with E-state index in [0.717, 1.165) is 0 Å². The number of thiazole rings is 1. The van der Waals surface area contributed by atoms with E-state index in [0.29, 0.717) is 10.6 Å². The van der Waals surface area contributed by atoms with Crippen LogP contribution < -0.4 is 0 Å². The third kappa shape index (κ3) is 2.32. The highest BCUT2D eigenvalue weighted by Gasteiger charge is 2.16. The molecule has 1 heterocycles. The van der Waals surface area contributed by atoms with Crippen molar-refractivity contribution in [2.24, 2.45) is 0 Å². The van der Waals surface area contributed by atoms with Gasteiger partial charge in [0.25, 0.3) is 0 Å². The van der Waals surface area contributed by atoms with Crippen LogP contribution in [0.2, 0.25) is 0 Å². The Bertz CT molecular complexity index is 572. The Morgan fingerprint density at radius 2 is 2.00 bits per heavy atom. The molecule has 0 aliphatic heterocycles. The average Bonchev–Trinajstić information content (AvgIpc) is 2.77. The number of aliphatic hydroxyl groups excluding tert-OH is 1. The van der Waals surface area contributed by atoms with Crippen LogP contribution in [0.1, 0.15) is 11.9 Å². The van der Waals surface area contributed by atoms with Gasteiger partial charge in [-0.3, -0.25) is 0 Å². The molecule has 5 heteroatoms. The number of aliphatic hydroxyl groups is 1. The van der Waals surface area contributed by atoms with Gasteiger partial charge in [0.05, 0.1) is 17.4 Å². The van der Waals surface area contributed by atoms with E-state index in [1.54, 1.807) is 12.3 Å². The zero-order valence-electron chi connectivity index (χ0n) is 9.65. The maximum absolute atomic E-state index is 13.6. The lowest BCUT2D eigenvalue weighted by Gasteiger charge is -2.04. The van der Waals surface area contributed by atoms with Gasteiger partial charge in [-0.15, -0.1) is 11.3 Å². The van der Waals surface area contributed by atoms with Crippen molar-refractivity contribution in [1.29, 1.82) is 0 Å². The second-order valence-electron chi connectivity index (χ2n) is 3.84. The Labute approximate surface area is 107 Å². The first-order chi connectivity index (χ1) is 8.50. The summed E-state index contributed by atoms with van der Waals surface area (Å²) in [4.78, 5) is 4.10. The fourth-order valence-corrected chi connectivity index (χ4v) is 2.32. The van der Waals surface area contributed by atoms with E-state index in [9.17, 15) is 13.9 Å². The van der Waals surface area contributed by atoms with Crippen LogP contribution >= 0.6 is 11.3 Å². The van der Waals surface area contributed by atoms with E-state index in [2.05, 4.69) is 11.6 Å². The van der Waals surface area contributed by atoms with Crippen LogP contribution in [0.15, 0.2) is 30.2 Å². The number of rotatable bonds is 3. The SMILES string of the molecule is C=C(c1nc(-c2c(F)cccc2F)cs1)C(C)O. The summed E-state index contributed by atoms with van der Waals surface area (Å²) in [6, 6.07) is 3.66. The van der Waals surface area contributed by atoms with Gasteiger partial charge >= 0.3 is 0 Å². The molecule has 0 saturated heterocycles. The molecule has 1 aromatic carbocycles. The van der Waals surface area contributed by atoms with Gasteiger partial charge < -0.3 is 5.11 Å². The summed E-state index contributed by atoms with van der Waals surface area (Å²) in [6.07, 6.45) is -0.741. The molecule has 0 bridgehead atoms. The molecule has 0 aliphatic rings. The molecular weight excluding hydrogens is 256 g/mol. The first-order valence-corrected chi connectivity index (χ1v) is 6.16. The van der Waals surface area contributed by atoms with Gasteiger partial charge in [0.2, 0.25) is 0 Å². The summed E-state index contributed by atoms with van der Waals surface area (Å²) >= 11 is 1.19. The fraction of sp³-hybridized carbons (Fsp3) is 0.154. The minimum Gasteiger partial charge on any atom is -0.389 e. The van der Waals surface area contributed by atoms with Gasteiger partial charge in [-0.2, -0.15) is 0 Å². The maximum Gasteiger partial charge on any atom is 0.135 e. The van der Waals surface area contributed by atoms with E-state index in [-0.39, 0.29) is 11.3 Å². The van der Waals surface area contributed by atoms with Crippen molar-refractivity contribution < 1.29 is 13.9 Å². The van der Waals surface area contributed by atoms with Crippen molar-refractivity contribution in [3.05, 3.63) is 46.8 Å². The Hall–Kier alpha value is -1.59. The molecule has 0 amide bonds. The summed E-state index contributed by atoms with van der Waals surface area (Å²) in [5.74, 6) is -1.32. The molecule has 0 spiro atoms. The van der Waals surface area contributed by atoms with E-state index < -0.39 is 17.7 Å². The summed E-state index contributed by atoms with van der Waals surface area (Å²) in [5.41, 5.74) is 0.494. The smallest absolute Gasteiger partial charge is 0.135 e. The van der Waals surface area contributed by atoms with Crippen molar-refractivity contribution in [2.75, 3.05) is 0 Å². The second kappa shape index (κ2) is 4.96. The first-order valence-electron chi connectivity index (χ1n) is 5.28. The van der Waals surface area contributed by atoms with Gasteiger partial charge in [-0.1, -0.05) is 12.6 Å². The quantitative estimate of drug-likeness (QED) is 0.923. The fourth-order valence-electron chi connectivity index (χ4n) is 1.46. The number of nitrogens with zero attached hydrogens (tertiary/aromatic N) is 1. The topological polar surface area (TPSA) is 33.1 Å². The van der Waals surface area contributed by atoms with Crippen LogP contribution in [0.25, 0.3) is 16.8 Å². The lowest BCUT2D eigenvalue weighted by atomic mass is 10.1. The zero-order chi connectivity index (χ0) is 13.3.